The third kappa shape index (κ3) is 4.34. The summed E-state index contributed by atoms with van der Waals surface area (Å²) in [6.07, 6.45) is 0.443. The number of ether oxygens (including phenoxy) is 1. The number of nitrogens with one attached hydrogen (secondary N) is 1. The third-order valence-corrected chi connectivity index (χ3v) is 3.72. The number of thiocarbonyl (C=S) groups is 1. The minimum atomic E-state index is 0.221. The SMILES string of the molecule is C[C@@H]1CN(C(=S)NCc2ccc(Cl)cc2)C[C@@H](C)O1. The lowest BCUT2D eigenvalue weighted by molar-refractivity contribution is -0.0482. The van der Waals surface area contributed by atoms with Crippen molar-refractivity contribution in [1.82, 2.24) is 10.2 Å². The fourth-order valence-electron chi connectivity index (χ4n) is 2.24. The number of morpholine rings is 1. The molecule has 2 atom stereocenters. The number of hydrogen-bond acceptors (Lipinski definition) is 2. The summed E-state index contributed by atoms with van der Waals surface area (Å²) in [6.45, 7) is 6.55. The first-order valence-electron chi connectivity index (χ1n) is 6.47. The van der Waals surface area contributed by atoms with Crippen molar-refractivity contribution >= 4 is 28.9 Å². The molecule has 5 heteroatoms. The highest BCUT2D eigenvalue weighted by Crippen LogP contribution is 2.12. The molecule has 0 spiro atoms. The van der Waals surface area contributed by atoms with Crippen LogP contribution in [0.5, 0.6) is 0 Å². The van der Waals surface area contributed by atoms with Crippen molar-refractivity contribution in [2.75, 3.05) is 13.1 Å². The molecule has 0 bridgehead atoms. The summed E-state index contributed by atoms with van der Waals surface area (Å²) in [7, 11) is 0. The smallest absolute Gasteiger partial charge is 0.169 e. The summed E-state index contributed by atoms with van der Waals surface area (Å²) < 4.78 is 5.70. The predicted octanol–water partition coefficient (Wildman–Crippen LogP) is 2.82. The Bertz CT molecular complexity index is 428. The lowest BCUT2D eigenvalue weighted by Crippen LogP contribution is -2.51. The van der Waals surface area contributed by atoms with Gasteiger partial charge in [0, 0.05) is 24.7 Å². The van der Waals surface area contributed by atoms with E-state index in [4.69, 9.17) is 28.6 Å². The lowest BCUT2D eigenvalue weighted by atomic mass is 10.2. The van der Waals surface area contributed by atoms with Gasteiger partial charge in [-0.3, -0.25) is 0 Å². The Kier molecular flexibility index (Phi) is 5.02. The van der Waals surface area contributed by atoms with Crippen LogP contribution in [0.3, 0.4) is 0 Å². The second-order valence-corrected chi connectivity index (χ2v) is 5.77. The highest BCUT2D eigenvalue weighted by Gasteiger charge is 2.23. The zero-order valence-corrected chi connectivity index (χ0v) is 12.8. The summed E-state index contributed by atoms with van der Waals surface area (Å²) in [5, 5.41) is 4.83. The maximum absolute atomic E-state index is 5.86. The van der Waals surface area contributed by atoms with Gasteiger partial charge in [0.1, 0.15) is 0 Å². The summed E-state index contributed by atoms with van der Waals surface area (Å²) >= 11 is 11.3. The van der Waals surface area contributed by atoms with Crippen molar-refractivity contribution in [1.29, 1.82) is 0 Å². The van der Waals surface area contributed by atoms with E-state index in [1.807, 2.05) is 24.3 Å². The van der Waals surface area contributed by atoms with Gasteiger partial charge in [0.05, 0.1) is 12.2 Å². The van der Waals surface area contributed by atoms with Gasteiger partial charge in [0.25, 0.3) is 0 Å². The second kappa shape index (κ2) is 6.55. The van der Waals surface area contributed by atoms with E-state index < -0.39 is 0 Å². The average Bonchev–Trinajstić information content (AvgIpc) is 2.36. The first-order valence-corrected chi connectivity index (χ1v) is 7.26. The van der Waals surface area contributed by atoms with Crippen LogP contribution in [-0.4, -0.2) is 35.3 Å². The van der Waals surface area contributed by atoms with Crippen LogP contribution in [-0.2, 0) is 11.3 Å². The molecule has 0 aromatic heterocycles. The molecule has 1 aromatic rings. The molecule has 0 saturated carbocycles. The molecule has 0 aliphatic carbocycles. The van der Waals surface area contributed by atoms with E-state index in [-0.39, 0.29) is 12.2 Å². The average molecular weight is 299 g/mol. The summed E-state index contributed by atoms with van der Waals surface area (Å²) in [4.78, 5) is 2.17. The van der Waals surface area contributed by atoms with Gasteiger partial charge in [-0.15, -0.1) is 0 Å². The first kappa shape index (κ1) is 14.6. The molecular formula is C14H19ClN2OS. The zero-order chi connectivity index (χ0) is 13.8. The number of nitrogens with zero attached hydrogens (tertiary/aromatic N) is 1. The Balaban J connectivity index is 1.85. The Morgan fingerprint density at radius 1 is 1.32 bits per heavy atom. The Morgan fingerprint density at radius 3 is 2.47 bits per heavy atom. The number of halogens is 1. The van der Waals surface area contributed by atoms with Crippen molar-refractivity contribution < 1.29 is 4.74 Å². The van der Waals surface area contributed by atoms with Crippen LogP contribution in [0.2, 0.25) is 5.02 Å². The number of benzene rings is 1. The number of hydrogen-bond donors (Lipinski definition) is 1. The van der Waals surface area contributed by atoms with Crippen LogP contribution in [0.25, 0.3) is 0 Å². The van der Waals surface area contributed by atoms with Crippen LogP contribution >= 0.6 is 23.8 Å². The quantitative estimate of drug-likeness (QED) is 0.849. The van der Waals surface area contributed by atoms with Crippen molar-refractivity contribution in [2.24, 2.45) is 0 Å². The maximum Gasteiger partial charge on any atom is 0.169 e. The molecule has 1 heterocycles. The van der Waals surface area contributed by atoms with E-state index in [1.165, 1.54) is 5.56 Å². The van der Waals surface area contributed by atoms with E-state index in [9.17, 15) is 0 Å². The van der Waals surface area contributed by atoms with Crippen molar-refractivity contribution in [3.8, 4) is 0 Å². The van der Waals surface area contributed by atoms with Gasteiger partial charge in [-0.05, 0) is 43.8 Å². The predicted molar refractivity (Wildman–Crippen MR) is 82.5 cm³/mol. The molecule has 1 aliphatic heterocycles. The molecule has 19 heavy (non-hydrogen) atoms. The molecule has 2 rings (SSSR count). The van der Waals surface area contributed by atoms with Crippen LogP contribution in [0.4, 0.5) is 0 Å². The third-order valence-electron chi connectivity index (χ3n) is 3.06. The Hall–Kier alpha value is -0.840. The van der Waals surface area contributed by atoms with Crippen molar-refractivity contribution in [3.05, 3.63) is 34.9 Å². The monoisotopic (exact) mass is 298 g/mol. The summed E-state index contributed by atoms with van der Waals surface area (Å²) in [6, 6.07) is 7.78. The van der Waals surface area contributed by atoms with Gasteiger partial charge in [0.2, 0.25) is 0 Å². The Labute approximate surface area is 124 Å². The molecule has 0 unspecified atom stereocenters. The Morgan fingerprint density at radius 2 is 1.89 bits per heavy atom. The fraction of sp³-hybridized carbons (Fsp3) is 0.500. The molecule has 1 aliphatic rings. The van der Waals surface area contributed by atoms with E-state index in [0.29, 0.717) is 0 Å². The van der Waals surface area contributed by atoms with Crippen LogP contribution in [0, 0.1) is 0 Å². The normalized spacial score (nSPS) is 23.2. The first-order chi connectivity index (χ1) is 9.04. The van der Waals surface area contributed by atoms with Gasteiger partial charge >= 0.3 is 0 Å². The van der Waals surface area contributed by atoms with Crippen LogP contribution in [0.15, 0.2) is 24.3 Å². The standard InChI is InChI=1S/C14H19ClN2OS/c1-10-8-17(9-11(2)18-10)14(19)16-7-12-3-5-13(15)6-4-12/h3-6,10-11H,7-9H2,1-2H3,(H,16,19)/t10-,11-/m1/s1. The van der Waals surface area contributed by atoms with Gasteiger partial charge in [-0.25, -0.2) is 0 Å². The second-order valence-electron chi connectivity index (χ2n) is 4.95. The fourth-order valence-corrected chi connectivity index (χ4v) is 2.58. The topological polar surface area (TPSA) is 24.5 Å². The summed E-state index contributed by atoms with van der Waals surface area (Å²) in [5.74, 6) is 0. The van der Waals surface area contributed by atoms with Crippen molar-refractivity contribution in [2.45, 2.75) is 32.6 Å². The van der Waals surface area contributed by atoms with E-state index in [1.54, 1.807) is 0 Å². The number of rotatable bonds is 2. The molecule has 1 fully saturated rings. The van der Waals surface area contributed by atoms with E-state index in [2.05, 4.69) is 24.1 Å². The minimum absolute atomic E-state index is 0.221. The largest absolute Gasteiger partial charge is 0.372 e. The zero-order valence-electron chi connectivity index (χ0n) is 11.2. The molecule has 1 aromatic carbocycles. The van der Waals surface area contributed by atoms with Gasteiger partial charge in [-0.2, -0.15) is 0 Å². The van der Waals surface area contributed by atoms with Crippen LogP contribution < -0.4 is 5.32 Å². The molecule has 0 amide bonds. The van der Waals surface area contributed by atoms with Crippen molar-refractivity contribution in [3.63, 3.8) is 0 Å². The van der Waals surface area contributed by atoms with Crippen LogP contribution in [0.1, 0.15) is 19.4 Å². The minimum Gasteiger partial charge on any atom is -0.372 e. The lowest BCUT2D eigenvalue weighted by Gasteiger charge is -2.36. The highest BCUT2D eigenvalue weighted by atomic mass is 35.5. The van der Waals surface area contributed by atoms with Gasteiger partial charge < -0.3 is 15.0 Å². The van der Waals surface area contributed by atoms with E-state index >= 15 is 0 Å². The summed E-state index contributed by atoms with van der Waals surface area (Å²) in [5.41, 5.74) is 1.17. The van der Waals surface area contributed by atoms with Gasteiger partial charge in [-0.1, -0.05) is 23.7 Å². The highest BCUT2D eigenvalue weighted by molar-refractivity contribution is 7.80. The molecule has 104 valence electrons. The molecule has 1 saturated heterocycles. The molecular weight excluding hydrogens is 280 g/mol. The maximum atomic E-state index is 5.86. The molecule has 1 N–H and O–H groups in total. The van der Waals surface area contributed by atoms with Gasteiger partial charge in [0.15, 0.2) is 5.11 Å². The molecule has 3 nitrogen and oxygen atoms in total. The van der Waals surface area contributed by atoms with E-state index in [0.717, 1.165) is 29.8 Å². The molecule has 0 radical (unpaired) electrons.